The van der Waals surface area contributed by atoms with Crippen LogP contribution in [-0.4, -0.2) is 43.5 Å². The summed E-state index contributed by atoms with van der Waals surface area (Å²) in [5.74, 6) is -6.10. The van der Waals surface area contributed by atoms with Crippen molar-refractivity contribution in [3.05, 3.63) is 34.4 Å². The van der Waals surface area contributed by atoms with Crippen LogP contribution in [0.25, 0.3) is 0 Å². The molecule has 10 heteroatoms. The van der Waals surface area contributed by atoms with Crippen molar-refractivity contribution >= 4 is 49.1 Å². The van der Waals surface area contributed by atoms with Gasteiger partial charge in [0.25, 0.3) is 0 Å². The second-order valence-electron chi connectivity index (χ2n) is 4.18. The molecule has 0 aliphatic rings. The molecule has 0 radical (unpaired) electrons. The fraction of sp³-hybridized carbons (Fsp3) is 0.167. The second-order valence-corrected chi connectivity index (χ2v) is 6.24. The van der Waals surface area contributed by atoms with Crippen molar-refractivity contribution in [3.8, 4) is 0 Å². The normalized spacial score (nSPS) is 10.9. The predicted octanol–water partition coefficient (Wildman–Crippen LogP) is 1.47. The van der Waals surface area contributed by atoms with Gasteiger partial charge in [-0.05, 0) is 19.1 Å². The maximum absolute atomic E-state index is 11.9. The Morgan fingerprint density at radius 1 is 0.864 bits per heavy atom. The van der Waals surface area contributed by atoms with Crippen molar-refractivity contribution in [1.82, 2.24) is 0 Å². The van der Waals surface area contributed by atoms with Gasteiger partial charge in [-0.15, -0.1) is 25.3 Å². The van der Waals surface area contributed by atoms with Crippen LogP contribution in [0.5, 0.6) is 0 Å². The molecule has 3 N–H and O–H groups in total. The minimum absolute atomic E-state index is 0.582. The molecule has 8 nitrogen and oxygen atoms in total. The first-order valence-electron chi connectivity index (χ1n) is 5.50. The van der Waals surface area contributed by atoms with Crippen LogP contribution in [0.3, 0.4) is 0 Å². The molecule has 0 aliphatic carbocycles. The summed E-state index contributed by atoms with van der Waals surface area (Å²) < 4.78 is 3.20. The molecule has 0 bridgehead atoms. The van der Waals surface area contributed by atoms with Gasteiger partial charge in [0.1, 0.15) is 0 Å². The molecule has 1 aromatic carbocycles. The Labute approximate surface area is 134 Å². The highest BCUT2D eigenvalue weighted by Crippen LogP contribution is 2.25. The van der Waals surface area contributed by atoms with E-state index >= 15 is 0 Å². The number of esters is 1. The van der Waals surface area contributed by atoms with Crippen LogP contribution in [0, 0.1) is 0 Å². The minimum Gasteiger partial charge on any atom is -0.478 e. The second kappa shape index (κ2) is 6.28. The molecule has 0 amide bonds. The van der Waals surface area contributed by atoms with E-state index in [1.165, 1.54) is 6.92 Å². The van der Waals surface area contributed by atoms with Crippen molar-refractivity contribution in [2.75, 3.05) is 0 Å². The van der Waals surface area contributed by atoms with Crippen LogP contribution in [0.1, 0.15) is 48.4 Å². The maximum atomic E-state index is 11.9. The monoisotopic (exact) mass is 346 g/mol. The molecule has 0 heterocycles. The molecule has 0 aliphatic heterocycles. The highest BCUT2D eigenvalue weighted by Gasteiger charge is 2.28. The largest absolute Gasteiger partial charge is 0.478 e. The number of ether oxygens (including phenoxy) is 1. The molecule has 0 atom stereocenters. The summed E-state index contributed by atoms with van der Waals surface area (Å²) in [4.78, 5) is 45.2. The van der Waals surface area contributed by atoms with Gasteiger partial charge in [0.05, 0.1) is 22.3 Å². The number of thiol groups is 2. The van der Waals surface area contributed by atoms with E-state index in [0.29, 0.717) is 12.1 Å². The van der Waals surface area contributed by atoms with E-state index in [9.17, 15) is 19.2 Å². The van der Waals surface area contributed by atoms with E-state index in [0.717, 1.165) is 0 Å². The van der Waals surface area contributed by atoms with Crippen LogP contribution < -0.4 is 0 Å². The lowest BCUT2D eigenvalue weighted by Crippen LogP contribution is -2.22. The minimum atomic E-state index is -1.65. The summed E-state index contributed by atoms with van der Waals surface area (Å²) in [5, 5.41) is 27.0. The average molecular weight is 346 g/mol. The van der Waals surface area contributed by atoms with Crippen LogP contribution >= 0.6 is 25.3 Å². The van der Waals surface area contributed by atoms with Crippen LogP contribution in [0.15, 0.2) is 12.1 Å². The van der Waals surface area contributed by atoms with E-state index in [-0.39, 0.29) is 0 Å². The molecule has 118 valence electrons. The standard InChI is InChI=1S/C12H10O8S2/c1-12(21,22)20-11(19)7-3-5(9(15)16)4(8(13)14)2-6(7)10(17)18/h2-3,21-22H,1H3,(H,13,14)(H,15,16)(H,17,18). The molecular weight excluding hydrogens is 336 g/mol. The van der Waals surface area contributed by atoms with E-state index in [1.54, 1.807) is 0 Å². The SMILES string of the molecule is CC(S)(S)OC(=O)c1cc(C(=O)O)c(C(=O)O)cc1C(=O)O. The number of hydrogen-bond acceptors (Lipinski definition) is 7. The Bertz CT molecular complexity index is 674. The van der Waals surface area contributed by atoms with Gasteiger partial charge in [0.2, 0.25) is 0 Å². The summed E-state index contributed by atoms with van der Waals surface area (Å²) in [7, 11) is 0. The molecule has 0 saturated carbocycles. The summed E-state index contributed by atoms with van der Waals surface area (Å²) >= 11 is 7.63. The van der Waals surface area contributed by atoms with Crippen LogP contribution in [0.4, 0.5) is 0 Å². The number of hydrogen-bond donors (Lipinski definition) is 5. The molecule has 1 rings (SSSR count). The van der Waals surface area contributed by atoms with Gasteiger partial charge in [-0.25, -0.2) is 19.2 Å². The van der Waals surface area contributed by atoms with Gasteiger partial charge in [-0.1, -0.05) is 0 Å². The Balaban J connectivity index is 3.59. The topological polar surface area (TPSA) is 138 Å². The summed E-state index contributed by atoms with van der Waals surface area (Å²) in [6, 6.07) is 1.21. The Morgan fingerprint density at radius 2 is 1.18 bits per heavy atom. The van der Waals surface area contributed by atoms with Gasteiger partial charge in [-0.3, -0.25) is 0 Å². The average Bonchev–Trinajstić information content (AvgIpc) is 2.34. The number of carbonyl (C=O) groups is 4. The highest BCUT2D eigenvalue weighted by molar-refractivity contribution is 8.00. The van der Waals surface area contributed by atoms with Crippen molar-refractivity contribution in [3.63, 3.8) is 0 Å². The van der Waals surface area contributed by atoms with Gasteiger partial charge < -0.3 is 20.1 Å². The third kappa shape index (κ3) is 4.15. The lowest BCUT2D eigenvalue weighted by molar-refractivity contribution is 0.0430. The fourth-order valence-corrected chi connectivity index (χ4v) is 1.70. The Kier molecular flexibility index (Phi) is 5.09. The molecule has 0 spiro atoms. The van der Waals surface area contributed by atoms with Crippen LogP contribution in [0.2, 0.25) is 0 Å². The molecule has 22 heavy (non-hydrogen) atoms. The Morgan fingerprint density at radius 3 is 1.50 bits per heavy atom. The molecule has 0 unspecified atom stereocenters. The molecule has 0 aromatic heterocycles. The number of carboxylic acids is 3. The number of aromatic carboxylic acids is 3. The first kappa shape index (κ1) is 17.9. The zero-order chi connectivity index (χ0) is 17.2. The number of rotatable bonds is 5. The molecule has 1 aromatic rings. The van der Waals surface area contributed by atoms with Crippen molar-refractivity contribution in [2.24, 2.45) is 0 Å². The molecule has 0 fully saturated rings. The molecular formula is C12H10O8S2. The zero-order valence-electron chi connectivity index (χ0n) is 10.9. The highest BCUT2D eigenvalue weighted by atomic mass is 32.2. The first-order chi connectivity index (χ1) is 9.94. The van der Waals surface area contributed by atoms with Gasteiger partial charge in [-0.2, -0.15) is 0 Å². The quantitative estimate of drug-likeness (QED) is 0.307. The fourth-order valence-electron chi connectivity index (χ4n) is 1.53. The zero-order valence-corrected chi connectivity index (χ0v) is 12.7. The Hall–Kier alpha value is -2.20. The first-order valence-corrected chi connectivity index (χ1v) is 6.39. The molecule has 0 saturated heterocycles. The van der Waals surface area contributed by atoms with Gasteiger partial charge in [0.15, 0.2) is 4.27 Å². The number of benzene rings is 1. The lowest BCUT2D eigenvalue weighted by Gasteiger charge is -2.18. The van der Waals surface area contributed by atoms with Crippen molar-refractivity contribution < 1.29 is 39.2 Å². The number of carbonyl (C=O) groups excluding carboxylic acids is 1. The number of carboxylic acid groups (broad SMARTS) is 3. The maximum Gasteiger partial charge on any atom is 0.341 e. The van der Waals surface area contributed by atoms with Gasteiger partial charge in [0, 0.05) is 0 Å². The van der Waals surface area contributed by atoms with Crippen LogP contribution in [-0.2, 0) is 4.74 Å². The smallest absolute Gasteiger partial charge is 0.341 e. The lowest BCUT2D eigenvalue weighted by atomic mass is 9.98. The summed E-state index contributed by atoms with van der Waals surface area (Å²) in [5.41, 5.74) is -2.84. The third-order valence-electron chi connectivity index (χ3n) is 2.35. The van der Waals surface area contributed by atoms with E-state index in [4.69, 9.17) is 20.1 Å². The van der Waals surface area contributed by atoms with E-state index in [2.05, 4.69) is 25.3 Å². The van der Waals surface area contributed by atoms with E-state index in [1.807, 2.05) is 0 Å². The van der Waals surface area contributed by atoms with Gasteiger partial charge >= 0.3 is 23.9 Å². The third-order valence-corrected chi connectivity index (χ3v) is 2.54. The van der Waals surface area contributed by atoms with Crippen molar-refractivity contribution in [1.29, 1.82) is 0 Å². The summed E-state index contributed by atoms with van der Waals surface area (Å²) in [6.45, 7) is 1.28. The van der Waals surface area contributed by atoms with Crippen molar-refractivity contribution in [2.45, 2.75) is 11.2 Å². The van der Waals surface area contributed by atoms with E-state index < -0.39 is 50.4 Å². The summed E-state index contributed by atoms with van der Waals surface area (Å²) in [6.07, 6.45) is 0. The predicted molar refractivity (Wildman–Crippen MR) is 79.1 cm³/mol.